The lowest BCUT2D eigenvalue weighted by atomic mass is 10.1. The predicted octanol–water partition coefficient (Wildman–Crippen LogP) is 5.42. The standard InChI is InChI=1S/C22H21N3OS/c1-3-25-21(17-11-13-19(26-2)14-12-17)23-24-22(25)27-15-18-9-6-8-16-7-4-5-10-20(16)18/h4-14H,3,15H2,1-2H3. The quantitative estimate of drug-likeness (QED) is 0.422. The number of hydrogen-bond donors (Lipinski definition) is 0. The van der Waals surface area contributed by atoms with Crippen LogP contribution in [0.5, 0.6) is 5.75 Å². The first-order chi connectivity index (χ1) is 13.3. The fourth-order valence-electron chi connectivity index (χ4n) is 3.19. The van der Waals surface area contributed by atoms with Crippen LogP contribution in [0.4, 0.5) is 0 Å². The van der Waals surface area contributed by atoms with Gasteiger partial charge in [0.25, 0.3) is 0 Å². The number of benzene rings is 3. The molecule has 0 unspecified atom stereocenters. The summed E-state index contributed by atoms with van der Waals surface area (Å²) < 4.78 is 7.41. The number of hydrogen-bond acceptors (Lipinski definition) is 4. The van der Waals surface area contributed by atoms with Gasteiger partial charge in [-0.25, -0.2) is 0 Å². The van der Waals surface area contributed by atoms with Crippen molar-refractivity contribution in [2.45, 2.75) is 24.4 Å². The highest BCUT2D eigenvalue weighted by Crippen LogP contribution is 2.29. The molecule has 0 bridgehead atoms. The van der Waals surface area contributed by atoms with Crippen LogP contribution in [0.15, 0.2) is 71.9 Å². The molecule has 136 valence electrons. The molecule has 27 heavy (non-hydrogen) atoms. The summed E-state index contributed by atoms with van der Waals surface area (Å²) in [6.07, 6.45) is 0. The highest BCUT2D eigenvalue weighted by atomic mass is 32.2. The third-order valence-corrected chi connectivity index (χ3v) is 5.63. The molecule has 0 aliphatic rings. The topological polar surface area (TPSA) is 39.9 Å². The Bertz CT molecular complexity index is 1050. The first kappa shape index (κ1) is 17.6. The molecule has 0 N–H and O–H groups in total. The number of methoxy groups -OCH3 is 1. The molecule has 0 aliphatic carbocycles. The summed E-state index contributed by atoms with van der Waals surface area (Å²) in [5.41, 5.74) is 2.36. The van der Waals surface area contributed by atoms with E-state index in [0.717, 1.165) is 34.6 Å². The second kappa shape index (κ2) is 7.84. The molecule has 5 heteroatoms. The maximum atomic E-state index is 5.24. The van der Waals surface area contributed by atoms with E-state index < -0.39 is 0 Å². The van der Waals surface area contributed by atoms with E-state index in [1.807, 2.05) is 24.3 Å². The molecule has 0 atom stereocenters. The molecule has 0 radical (unpaired) electrons. The lowest BCUT2D eigenvalue weighted by molar-refractivity contribution is 0.415. The van der Waals surface area contributed by atoms with Crippen LogP contribution in [0.1, 0.15) is 12.5 Å². The van der Waals surface area contributed by atoms with Crippen molar-refractivity contribution in [1.82, 2.24) is 14.8 Å². The Morgan fingerprint density at radius 2 is 1.70 bits per heavy atom. The Morgan fingerprint density at radius 1 is 0.926 bits per heavy atom. The number of thioether (sulfide) groups is 1. The third-order valence-electron chi connectivity index (χ3n) is 4.62. The van der Waals surface area contributed by atoms with Gasteiger partial charge < -0.3 is 9.30 Å². The van der Waals surface area contributed by atoms with Crippen molar-refractivity contribution >= 4 is 22.5 Å². The maximum Gasteiger partial charge on any atom is 0.191 e. The molecule has 0 spiro atoms. The zero-order valence-corrected chi connectivity index (χ0v) is 16.2. The van der Waals surface area contributed by atoms with E-state index in [1.54, 1.807) is 18.9 Å². The summed E-state index contributed by atoms with van der Waals surface area (Å²) in [5.74, 6) is 2.59. The molecule has 1 heterocycles. The summed E-state index contributed by atoms with van der Waals surface area (Å²) in [6.45, 7) is 2.95. The SMILES string of the molecule is CCn1c(SCc2cccc3ccccc23)nnc1-c1ccc(OC)cc1. The average Bonchev–Trinajstić information content (AvgIpc) is 3.15. The Labute approximate surface area is 163 Å². The van der Waals surface area contributed by atoms with Gasteiger partial charge in [0.1, 0.15) is 5.75 Å². The molecule has 0 fully saturated rings. The van der Waals surface area contributed by atoms with Crippen LogP contribution in [-0.2, 0) is 12.3 Å². The van der Waals surface area contributed by atoms with Gasteiger partial charge in [-0.3, -0.25) is 0 Å². The molecular weight excluding hydrogens is 354 g/mol. The number of nitrogens with zero attached hydrogens (tertiary/aromatic N) is 3. The van der Waals surface area contributed by atoms with E-state index >= 15 is 0 Å². The normalized spacial score (nSPS) is 11.0. The fourth-order valence-corrected chi connectivity index (χ4v) is 4.20. The van der Waals surface area contributed by atoms with Gasteiger partial charge in [0.15, 0.2) is 11.0 Å². The van der Waals surface area contributed by atoms with Crippen molar-refractivity contribution in [1.29, 1.82) is 0 Å². The number of aromatic nitrogens is 3. The molecule has 0 saturated carbocycles. The van der Waals surface area contributed by atoms with Crippen LogP contribution in [0.25, 0.3) is 22.2 Å². The Hall–Kier alpha value is -2.79. The van der Waals surface area contributed by atoms with Gasteiger partial charge in [-0.1, -0.05) is 54.2 Å². The minimum Gasteiger partial charge on any atom is -0.497 e. The number of ether oxygens (including phenoxy) is 1. The van der Waals surface area contributed by atoms with Crippen molar-refractivity contribution in [2.75, 3.05) is 7.11 Å². The highest BCUT2D eigenvalue weighted by Gasteiger charge is 2.14. The molecule has 3 aromatic carbocycles. The second-order valence-corrected chi connectivity index (χ2v) is 7.15. The third kappa shape index (κ3) is 3.55. The summed E-state index contributed by atoms with van der Waals surface area (Å²) in [4.78, 5) is 0. The maximum absolute atomic E-state index is 5.24. The first-order valence-corrected chi connectivity index (χ1v) is 9.95. The van der Waals surface area contributed by atoms with Gasteiger partial charge in [0.2, 0.25) is 0 Å². The lowest BCUT2D eigenvalue weighted by Crippen LogP contribution is -2.00. The molecular formula is C22H21N3OS. The van der Waals surface area contributed by atoms with E-state index in [1.165, 1.54) is 16.3 Å². The van der Waals surface area contributed by atoms with Gasteiger partial charge >= 0.3 is 0 Å². The van der Waals surface area contributed by atoms with Gasteiger partial charge in [-0.05, 0) is 47.5 Å². The molecule has 0 amide bonds. The monoisotopic (exact) mass is 375 g/mol. The fraction of sp³-hybridized carbons (Fsp3) is 0.182. The summed E-state index contributed by atoms with van der Waals surface area (Å²) in [6, 6.07) is 22.9. The van der Waals surface area contributed by atoms with Crippen LogP contribution in [0.3, 0.4) is 0 Å². The van der Waals surface area contributed by atoms with Crippen molar-refractivity contribution in [3.8, 4) is 17.1 Å². The predicted molar refractivity (Wildman–Crippen MR) is 111 cm³/mol. The van der Waals surface area contributed by atoms with Crippen LogP contribution >= 0.6 is 11.8 Å². The van der Waals surface area contributed by atoms with Crippen molar-refractivity contribution < 1.29 is 4.74 Å². The smallest absolute Gasteiger partial charge is 0.191 e. The van der Waals surface area contributed by atoms with Crippen LogP contribution < -0.4 is 4.74 Å². The van der Waals surface area contributed by atoms with Crippen molar-refractivity contribution in [2.24, 2.45) is 0 Å². The van der Waals surface area contributed by atoms with Gasteiger partial charge in [0, 0.05) is 17.9 Å². The van der Waals surface area contributed by atoms with Crippen LogP contribution in [0, 0.1) is 0 Å². The van der Waals surface area contributed by atoms with Crippen molar-refractivity contribution in [3.63, 3.8) is 0 Å². The molecule has 4 aromatic rings. The van der Waals surface area contributed by atoms with Crippen molar-refractivity contribution in [3.05, 3.63) is 72.3 Å². The molecule has 0 aliphatic heterocycles. The largest absolute Gasteiger partial charge is 0.497 e. The summed E-state index contributed by atoms with van der Waals surface area (Å²) >= 11 is 1.73. The Morgan fingerprint density at radius 3 is 2.48 bits per heavy atom. The molecule has 4 nitrogen and oxygen atoms in total. The molecule has 1 aromatic heterocycles. The van der Waals surface area contributed by atoms with Gasteiger partial charge in [-0.15, -0.1) is 10.2 Å². The molecule has 0 saturated heterocycles. The number of fused-ring (bicyclic) bond motifs is 1. The minimum atomic E-state index is 0.826. The van der Waals surface area contributed by atoms with E-state index in [0.29, 0.717) is 0 Å². The van der Waals surface area contributed by atoms with E-state index in [9.17, 15) is 0 Å². The second-order valence-electron chi connectivity index (χ2n) is 6.21. The molecule has 4 rings (SSSR count). The number of rotatable bonds is 6. The zero-order chi connectivity index (χ0) is 18.6. The highest BCUT2D eigenvalue weighted by molar-refractivity contribution is 7.98. The minimum absolute atomic E-state index is 0.826. The van der Waals surface area contributed by atoms with Gasteiger partial charge in [-0.2, -0.15) is 0 Å². The average molecular weight is 375 g/mol. The Balaban J connectivity index is 1.60. The summed E-state index contributed by atoms with van der Waals surface area (Å²) in [5, 5.41) is 12.4. The zero-order valence-electron chi connectivity index (χ0n) is 15.4. The first-order valence-electron chi connectivity index (χ1n) is 8.97. The van der Waals surface area contributed by atoms with Gasteiger partial charge in [0.05, 0.1) is 7.11 Å². The lowest BCUT2D eigenvalue weighted by Gasteiger charge is -2.09. The van der Waals surface area contributed by atoms with E-state index in [2.05, 4.69) is 64.2 Å². The van der Waals surface area contributed by atoms with Crippen LogP contribution in [0.2, 0.25) is 0 Å². The Kier molecular flexibility index (Phi) is 5.12. The van der Waals surface area contributed by atoms with Crippen LogP contribution in [-0.4, -0.2) is 21.9 Å². The summed E-state index contributed by atoms with van der Waals surface area (Å²) in [7, 11) is 1.67. The van der Waals surface area contributed by atoms with E-state index in [4.69, 9.17) is 4.74 Å². The van der Waals surface area contributed by atoms with E-state index in [-0.39, 0.29) is 0 Å².